The van der Waals surface area contributed by atoms with Crippen LogP contribution in [0.15, 0.2) is 52.9 Å². The SMILES string of the molecule is COc1cc(NC(=S)NC(=O)c2cc(C)cc(C)c2)ccc1-c1ccc(CO)o1. The minimum absolute atomic E-state index is 0.170. The first kappa shape index (κ1) is 20.6. The molecule has 7 heteroatoms. The standard InChI is InChI=1S/C22H22N2O4S/c1-13-8-14(2)10-15(9-13)21(26)24-22(29)23-16-4-6-18(20(11-16)27-3)19-7-5-17(12-25)28-19/h4-11,25H,12H2,1-3H3,(H2,23,24,26,29). The number of carbonyl (C=O) groups excluding carboxylic acids is 1. The number of amides is 1. The molecule has 3 N–H and O–H groups in total. The van der Waals surface area contributed by atoms with Gasteiger partial charge >= 0.3 is 0 Å². The van der Waals surface area contributed by atoms with Gasteiger partial charge in [0, 0.05) is 17.3 Å². The number of aryl methyl sites for hydroxylation is 2. The van der Waals surface area contributed by atoms with Crippen LogP contribution in [0.5, 0.6) is 5.75 Å². The number of aliphatic hydroxyl groups excluding tert-OH is 1. The van der Waals surface area contributed by atoms with Crippen LogP contribution in [0, 0.1) is 13.8 Å². The van der Waals surface area contributed by atoms with E-state index in [9.17, 15) is 4.79 Å². The van der Waals surface area contributed by atoms with Crippen molar-refractivity contribution >= 4 is 28.9 Å². The molecule has 29 heavy (non-hydrogen) atoms. The van der Waals surface area contributed by atoms with Crippen molar-refractivity contribution in [2.24, 2.45) is 0 Å². The van der Waals surface area contributed by atoms with Gasteiger partial charge < -0.3 is 19.6 Å². The predicted molar refractivity (Wildman–Crippen MR) is 116 cm³/mol. The maximum atomic E-state index is 12.4. The molecule has 3 aromatic rings. The fraction of sp³-hybridized carbons (Fsp3) is 0.182. The third-order valence-corrected chi connectivity index (χ3v) is 4.46. The Kier molecular flexibility index (Phi) is 6.31. The molecule has 0 bridgehead atoms. The molecule has 0 aliphatic carbocycles. The molecule has 1 aromatic heterocycles. The van der Waals surface area contributed by atoms with Crippen molar-refractivity contribution in [2.75, 3.05) is 12.4 Å². The normalized spacial score (nSPS) is 10.5. The summed E-state index contributed by atoms with van der Waals surface area (Å²) in [6, 6.07) is 14.5. The Morgan fingerprint density at radius 1 is 1.10 bits per heavy atom. The van der Waals surface area contributed by atoms with Gasteiger partial charge in [-0.1, -0.05) is 17.2 Å². The fourth-order valence-electron chi connectivity index (χ4n) is 3.02. The second-order valence-corrected chi connectivity index (χ2v) is 7.03. The lowest BCUT2D eigenvalue weighted by molar-refractivity contribution is 0.0977. The van der Waals surface area contributed by atoms with Crippen LogP contribution in [0.3, 0.4) is 0 Å². The Labute approximate surface area is 174 Å². The van der Waals surface area contributed by atoms with E-state index in [2.05, 4.69) is 10.6 Å². The number of furan rings is 1. The van der Waals surface area contributed by atoms with Gasteiger partial charge in [0.05, 0.1) is 12.7 Å². The van der Waals surface area contributed by atoms with Crippen LogP contribution in [-0.4, -0.2) is 23.2 Å². The van der Waals surface area contributed by atoms with Crippen molar-refractivity contribution in [3.8, 4) is 17.1 Å². The lowest BCUT2D eigenvalue weighted by atomic mass is 10.1. The zero-order valence-corrected chi connectivity index (χ0v) is 17.2. The first-order valence-electron chi connectivity index (χ1n) is 8.98. The van der Waals surface area contributed by atoms with Crippen LogP contribution < -0.4 is 15.4 Å². The average Bonchev–Trinajstić information content (AvgIpc) is 3.16. The summed E-state index contributed by atoms with van der Waals surface area (Å²) in [5, 5.41) is 15.0. The highest BCUT2D eigenvalue weighted by molar-refractivity contribution is 7.80. The molecule has 1 amide bonds. The van der Waals surface area contributed by atoms with E-state index >= 15 is 0 Å². The maximum absolute atomic E-state index is 12.4. The molecule has 0 aliphatic heterocycles. The monoisotopic (exact) mass is 410 g/mol. The van der Waals surface area contributed by atoms with Gasteiger partial charge in [-0.15, -0.1) is 0 Å². The zero-order valence-electron chi connectivity index (χ0n) is 16.4. The van der Waals surface area contributed by atoms with Crippen LogP contribution in [-0.2, 0) is 6.61 Å². The lowest BCUT2D eigenvalue weighted by Crippen LogP contribution is -2.34. The Hall–Kier alpha value is -3.16. The quantitative estimate of drug-likeness (QED) is 0.547. The maximum Gasteiger partial charge on any atom is 0.257 e. The molecule has 2 aromatic carbocycles. The number of methoxy groups -OCH3 is 1. The predicted octanol–water partition coefficient (Wildman–Crippen LogP) is 4.19. The summed E-state index contributed by atoms with van der Waals surface area (Å²) in [6.45, 7) is 3.71. The van der Waals surface area contributed by atoms with E-state index in [-0.39, 0.29) is 17.6 Å². The highest BCUT2D eigenvalue weighted by Crippen LogP contribution is 2.33. The number of rotatable bonds is 5. The van der Waals surface area contributed by atoms with Crippen LogP contribution in [0.25, 0.3) is 11.3 Å². The number of ether oxygens (including phenoxy) is 1. The number of aliphatic hydroxyl groups is 1. The zero-order chi connectivity index (χ0) is 21.0. The van der Waals surface area contributed by atoms with Crippen molar-refractivity contribution in [1.82, 2.24) is 5.32 Å². The van der Waals surface area contributed by atoms with Crippen LogP contribution in [0.2, 0.25) is 0 Å². The summed E-state index contributed by atoms with van der Waals surface area (Å²) in [4.78, 5) is 12.4. The molecule has 0 saturated heterocycles. The molecule has 6 nitrogen and oxygen atoms in total. The van der Waals surface area contributed by atoms with Crippen molar-refractivity contribution in [1.29, 1.82) is 0 Å². The van der Waals surface area contributed by atoms with E-state index in [1.54, 1.807) is 31.4 Å². The van der Waals surface area contributed by atoms with Gasteiger partial charge in [0.1, 0.15) is 23.9 Å². The summed E-state index contributed by atoms with van der Waals surface area (Å²) in [5.74, 6) is 1.35. The largest absolute Gasteiger partial charge is 0.496 e. The van der Waals surface area contributed by atoms with Crippen molar-refractivity contribution in [3.05, 3.63) is 71.0 Å². The second kappa shape index (κ2) is 8.89. The van der Waals surface area contributed by atoms with Gasteiger partial charge in [-0.2, -0.15) is 0 Å². The molecule has 0 unspecified atom stereocenters. The van der Waals surface area contributed by atoms with Gasteiger partial charge in [0.2, 0.25) is 0 Å². The molecule has 0 radical (unpaired) electrons. The minimum Gasteiger partial charge on any atom is -0.496 e. The number of carbonyl (C=O) groups is 1. The van der Waals surface area contributed by atoms with Crippen LogP contribution >= 0.6 is 12.2 Å². The third-order valence-electron chi connectivity index (χ3n) is 4.25. The molecule has 0 fully saturated rings. The highest BCUT2D eigenvalue weighted by Gasteiger charge is 2.13. The number of thiocarbonyl (C=S) groups is 1. The highest BCUT2D eigenvalue weighted by atomic mass is 32.1. The molecular weight excluding hydrogens is 388 g/mol. The van der Waals surface area contributed by atoms with Crippen molar-refractivity contribution in [2.45, 2.75) is 20.5 Å². The number of anilines is 1. The summed E-state index contributed by atoms with van der Waals surface area (Å²) in [7, 11) is 1.55. The van der Waals surface area contributed by atoms with Gasteiger partial charge in [-0.3, -0.25) is 10.1 Å². The van der Waals surface area contributed by atoms with Gasteiger partial charge in [0.15, 0.2) is 5.11 Å². The number of benzene rings is 2. The number of nitrogens with one attached hydrogen (secondary N) is 2. The topological polar surface area (TPSA) is 83.7 Å². The summed E-state index contributed by atoms with van der Waals surface area (Å²) >= 11 is 5.27. The van der Waals surface area contributed by atoms with Crippen molar-refractivity contribution < 1.29 is 19.1 Å². The van der Waals surface area contributed by atoms with E-state index in [0.29, 0.717) is 28.5 Å². The molecule has 0 spiro atoms. The Balaban J connectivity index is 1.72. The van der Waals surface area contributed by atoms with E-state index in [1.165, 1.54) is 0 Å². The third kappa shape index (κ3) is 5.01. The average molecular weight is 410 g/mol. The first-order valence-corrected chi connectivity index (χ1v) is 9.39. The van der Waals surface area contributed by atoms with Crippen molar-refractivity contribution in [3.63, 3.8) is 0 Å². The molecule has 0 atom stereocenters. The molecule has 3 rings (SSSR count). The molecular formula is C22H22N2O4S. The molecule has 1 heterocycles. The molecule has 0 saturated carbocycles. The number of hydrogen-bond acceptors (Lipinski definition) is 5. The van der Waals surface area contributed by atoms with Gasteiger partial charge in [0.25, 0.3) is 5.91 Å². The first-order chi connectivity index (χ1) is 13.9. The Morgan fingerprint density at radius 3 is 2.45 bits per heavy atom. The van der Waals surface area contributed by atoms with Gasteiger partial charge in [-0.05, 0) is 62.5 Å². The minimum atomic E-state index is -0.273. The lowest BCUT2D eigenvalue weighted by Gasteiger charge is -2.13. The van der Waals surface area contributed by atoms with Gasteiger partial charge in [-0.25, -0.2) is 0 Å². The van der Waals surface area contributed by atoms with E-state index in [4.69, 9.17) is 26.5 Å². The van der Waals surface area contributed by atoms with E-state index in [0.717, 1.165) is 16.7 Å². The molecule has 0 aliphatic rings. The second-order valence-electron chi connectivity index (χ2n) is 6.62. The summed E-state index contributed by atoms with van der Waals surface area (Å²) in [6.07, 6.45) is 0. The smallest absolute Gasteiger partial charge is 0.257 e. The Bertz CT molecular complexity index is 1040. The fourth-order valence-corrected chi connectivity index (χ4v) is 3.23. The van der Waals surface area contributed by atoms with E-state index < -0.39 is 0 Å². The Morgan fingerprint density at radius 2 is 1.83 bits per heavy atom. The van der Waals surface area contributed by atoms with E-state index in [1.807, 2.05) is 38.1 Å². The summed E-state index contributed by atoms with van der Waals surface area (Å²) in [5.41, 5.74) is 3.97. The van der Waals surface area contributed by atoms with Crippen LogP contribution in [0.4, 0.5) is 5.69 Å². The number of hydrogen-bond donors (Lipinski definition) is 3. The molecule has 150 valence electrons. The summed E-state index contributed by atoms with van der Waals surface area (Å²) < 4.78 is 11.0. The van der Waals surface area contributed by atoms with Crippen LogP contribution in [0.1, 0.15) is 27.2 Å².